The van der Waals surface area contributed by atoms with Crippen molar-refractivity contribution in [2.45, 2.75) is 51.8 Å². The van der Waals surface area contributed by atoms with E-state index in [1.807, 2.05) is 7.05 Å². The largest absolute Gasteiger partial charge is 0.376 e. The molecule has 2 heterocycles. The molecule has 156 valence electrons. The summed E-state index contributed by atoms with van der Waals surface area (Å²) in [6.07, 6.45) is 5.90. The minimum absolute atomic E-state index is 0. The maximum absolute atomic E-state index is 5.65. The molecule has 1 saturated carbocycles. The minimum Gasteiger partial charge on any atom is -0.376 e. The van der Waals surface area contributed by atoms with Crippen molar-refractivity contribution in [2.24, 2.45) is 10.4 Å². The fourth-order valence-electron chi connectivity index (χ4n) is 4.84. The SMILES string of the molecule is CN=C(NCc1cccc(CN2CCOC(C)C2)c1)N1CCC2(CCC2)C1.I. The fraction of sp³-hybridized carbons (Fsp3) is 0.682. The van der Waals surface area contributed by atoms with Gasteiger partial charge in [-0.1, -0.05) is 30.7 Å². The number of benzene rings is 1. The number of likely N-dealkylation sites (tertiary alicyclic amines) is 1. The van der Waals surface area contributed by atoms with Gasteiger partial charge in [0.2, 0.25) is 0 Å². The van der Waals surface area contributed by atoms with E-state index in [9.17, 15) is 0 Å². The molecule has 1 aliphatic carbocycles. The van der Waals surface area contributed by atoms with Gasteiger partial charge in [-0.25, -0.2) is 0 Å². The van der Waals surface area contributed by atoms with E-state index in [4.69, 9.17) is 4.74 Å². The summed E-state index contributed by atoms with van der Waals surface area (Å²) < 4.78 is 5.65. The summed E-state index contributed by atoms with van der Waals surface area (Å²) >= 11 is 0. The van der Waals surface area contributed by atoms with E-state index >= 15 is 0 Å². The van der Waals surface area contributed by atoms with E-state index in [0.717, 1.165) is 45.3 Å². The highest BCUT2D eigenvalue weighted by Gasteiger charge is 2.43. The smallest absolute Gasteiger partial charge is 0.193 e. The van der Waals surface area contributed by atoms with Crippen molar-refractivity contribution in [3.05, 3.63) is 35.4 Å². The lowest BCUT2D eigenvalue weighted by molar-refractivity contribution is -0.0212. The number of morpholine rings is 1. The van der Waals surface area contributed by atoms with Crippen molar-refractivity contribution >= 4 is 29.9 Å². The Balaban J connectivity index is 0.00000225. The van der Waals surface area contributed by atoms with Crippen molar-refractivity contribution in [3.63, 3.8) is 0 Å². The lowest BCUT2D eigenvalue weighted by atomic mass is 9.68. The number of halogens is 1. The van der Waals surface area contributed by atoms with Gasteiger partial charge in [0.15, 0.2) is 5.96 Å². The predicted molar refractivity (Wildman–Crippen MR) is 125 cm³/mol. The molecule has 1 atom stereocenters. The van der Waals surface area contributed by atoms with Gasteiger partial charge in [0.25, 0.3) is 0 Å². The number of ether oxygens (including phenoxy) is 1. The van der Waals surface area contributed by atoms with Crippen LogP contribution in [-0.2, 0) is 17.8 Å². The van der Waals surface area contributed by atoms with E-state index in [1.165, 1.54) is 43.4 Å². The fourth-order valence-corrected chi connectivity index (χ4v) is 4.84. The average Bonchev–Trinajstić information content (AvgIpc) is 3.09. The van der Waals surface area contributed by atoms with Crippen LogP contribution in [0.4, 0.5) is 0 Å². The van der Waals surface area contributed by atoms with Crippen LogP contribution in [0.3, 0.4) is 0 Å². The molecule has 28 heavy (non-hydrogen) atoms. The molecule has 6 heteroatoms. The molecular formula is C22H35IN4O. The molecule has 3 fully saturated rings. The van der Waals surface area contributed by atoms with Crippen LogP contribution in [0.1, 0.15) is 43.7 Å². The lowest BCUT2D eigenvalue weighted by Gasteiger charge is -2.38. The van der Waals surface area contributed by atoms with Gasteiger partial charge < -0.3 is 15.0 Å². The Morgan fingerprint density at radius 3 is 2.75 bits per heavy atom. The van der Waals surface area contributed by atoms with Crippen LogP contribution < -0.4 is 5.32 Å². The second kappa shape index (κ2) is 9.76. The third-order valence-electron chi connectivity index (χ3n) is 6.54. The monoisotopic (exact) mass is 498 g/mol. The van der Waals surface area contributed by atoms with Crippen molar-refractivity contribution in [3.8, 4) is 0 Å². The second-order valence-corrected chi connectivity index (χ2v) is 8.66. The first-order valence-corrected chi connectivity index (χ1v) is 10.5. The second-order valence-electron chi connectivity index (χ2n) is 8.66. The number of nitrogens with one attached hydrogen (secondary N) is 1. The molecule has 1 N–H and O–H groups in total. The minimum atomic E-state index is 0. The maximum atomic E-state index is 5.65. The van der Waals surface area contributed by atoms with Gasteiger partial charge in [-0.05, 0) is 42.7 Å². The summed E-state index contributed by atoms with van der Waals surface area (Å²) in [4.78, 5) is 9.49. The first-order valence-electron chi connectivity index (χ1n) is 10.5. The van der Waals surface area contributed by atoms with E-state index in [0.29, 0.717) is 11.5 Å². The Hall–Kier alpha value is -0.860. The number of nitrogens with zero attached hydrogens (tertiary/aromatic N) is 3. The van der Waals surface area contributed by atoms with Gasteiger partial charge in [0, 0.05) is 46.3 Å². The van der Waals surface area contributed by atoms with Crippen LogP contribution in [0.25, 0.3) is 0 Å². The average molecular weight is 498 g/mol. The molecule has 1 unspecified atom stereocenters. The standard InChI is InChI=1S/C22H34N4O.HI/c1-18-15-25(11-12-27-18)16-20-6-3-5-19(13-20)14-24-21(23-2)26-10-9-22(17-26)7-4-8-22;/h3,5-6,13,18H,4,7-12,14-17H2,1-2H3,(H,23,24);1H. The normalized spacial score (nSPS) is 24.7. The number of aliphatic imine (C=N–C) groups is 1. The molecule has 3 aliphatic rings. The van der Waals surface area contributed by atoms with Gasteiger partial charge in [-0.2, -0.15) is 0 Å². The molecule has 1 spiro atoms. The zero-order valence-electron chi connectivity index (χ0n) is 17.3. The van der Waals surface area contributed by atoms with Crippen molar-refractivity contribution in [1.82, 2.24) is 15.1 Å². The zero-order chi connectivity index (χ0) is 18.7. The van der Waals surface area contributed by atoms with Crippen LogP contribution >= 0.6 is 24.0 Å². The highest BCUT2D eigenvalue weighted by Crippen LogP contribution is 2.47. The van der Waals surface area contributed by atoms with Gasteiger partial charge in [0.05, 0.1) is 12.7 Å². The van der Waals surface area contributed by atoms with Crippen LogP contribution in [-0.4, -0.2) is 61.7 Å². The summed E-state index contributed by atoms with van der Waals surface area (Å²) in [5, 5.41) is 3.59. The zero-order valence-corrected chi connectivity index (χ0v) is 19.7. The van der Waals surface area contributed by atoms with Crippen LogP contribution in [0.2, 0.25) is 0 Å². The maximum Gasteiger partial charge on any atom is 0.193 e. The number of guanidine groups is 1. The summed E-state index contributed by atoms with van der Waals surface area (Å²) in [6.45, 7) is 9.22. The Labute approximate surface area is 186 Å². The predicted octanol–water partition coefficient (Wildman–Crippen LogP) is 3.48. The number of hydrogen-bond donors (Lipinski definition) is 1. The van der Waals surface area contributed by atoms with E-state index < -0.39 is 0 Å². The quantitative estimate of drug-likeness (QED) is 0.392. The number of hydrogen-bond acceptors (Lipinski definition) is 3. The molecule has 1 aromatic rings. The third kappa shape index (κ3) is 5.19. The third-order valence-corrected chi connectivity index (χ3v) is 6.54. The Morgan fingerprint density at radius 1 is 1.25 bits per heavy atom. The Kier molecular flexibility index (Phi) is 7.61. The topological polar surface area (TPSA) is 40.1 Å². The first kappa shape index (κ1) is 21.8. The molecule has 0 bridgehead atoms. The molecule has 1 aromatic carbocycles. The highest BCUT2D eigenvalue weighted by atomic mass is 127. The first-order chi connectivity index (χ1) is 13.2. The van der Waals surface area contributed by atoms with E-state index in [1.54, 1.807) is 0 Å². The van der Waals surface area contributed by atoms with Gasteiger partial charge in [0.1, 0.15) is 0 Å². The molecule has 0 amide bonds. The summed E-state index contributed by atoms with van der Waals surface area (Å²) in [6, 6.07) is 8.96. The van der Waals surface area contributed by atoms with E-state index in [2.05, 4.69) is 51.3 Å². The Bertz CT molecular complexity index is 676. The molecule has 2 aliphatic heterocycles. The van der Waals surface area contributed by atoms with Crippen molar-refractivity contribution < 1.29 is 4.74 Å². The molecule has 5 nitrogen and oxygen atoms in total. The summed E-state index contributed by atoms with van der Waals surface area (Å²) in [5.41, 5.74) is 3.31. The molecule has 0 aromatic heterocycles. The van der Waals surface area contributed by atoms with Crippen LogP contribution in [0, 0.1) is 5.41 Å². The molecule has 4 rings (SSSR count). The molecule has 2 saturated heterocycles. The van der Waals surface area contributed by atoms with Crippen LogP contribution in [0.15, 0.2) is 29.3 Å². The lowest BCUT2D eigenvalue weighted by Crippen LogP contribution is -2.42. The van der Waals surface area contributed by atoms with Crippen LogP contribution in [0.5, 0.6) is 0 Å². The summed E-state index contributed by atoms with van der Waals surface area (Å²) in [5.74, 6) is 1.06. The highest BCUT2D eigenvalue weighted by molar-refractivity contribution is 14.0. The number of rotatable bonds is 4. The van der Waals surface area contributed by atoms with E-state index in [-0.39, 0.29) is 24.0 Å². The molecular weight excluding hydrogens is 463 g/mol. The van der Waals surface area contributed by atoms with Gasteiger partial charge >= 0.3 is 0 Å². The summed E-state index contributed by atoms with van der Waals surface area (Å²) in [7, 11) is 1.91. The van der Waals surface area contributed by atoms with Gasteiger partial charge in [-0.15, -0.1) is 24.0 Å². The van der Waals surface area contributed by atoms with Gasteiger partial charge in [-0.3, -0.25) is 9.89 Å². The van der Waals surface area contributed by atoms with Crippen molar-refractivity contribution in [1.29, 1.82) is 0 Å². The Morgan fingerprint density at radius 2 is 2.07 bits per heavy atom. The molecule has 0 radical (unpaired) electrons. The van der Waals surface area contributed by atoms with Crippen molar-refractivity contribution in [2.75, 3.05) is 39.8 Å².